The lowest BCUT2D eigenvalue weighted by molar-refractivity contribution is -0.154. The van der Waals surface area contributed by atoms with Crippen molar-refractivity contribution in [2.45, 2.75) is 33.5 Å². The minimum Gasteiger partial charge on any atom is -0.467 e. The molecule has 0 bridgehead atoms. The molecular formula is C19H17F5N6O3. The zero-order chi connectivity index (χ0) is 24.5. The van der Waals surface area contributed by atoms with Gasteiger partial charge in [0.15, 0.2) is 24.1 Å². The van der Waals surface area contributed by atoms with Crippen LogP contribution in [-0.2, 0) is 6.54 Å². The van der Waals surface area contributed by atoms with E-state index in [2.05, 4.69) is 25.1 Å². The lowest BCUT2D eigenvalue weighted by Crippen LogP contribution is -2.27. The number of amides is 1. The van der Waals surface area contributed by atoms with Crippen molar-refractivity contribution in [2.75, 3.05) is 11.9 Å². The molecule has 33 heavy (non-hydrogen) atoms. The number of carbonyl (C=O) groups is 1. The fourth-order valence-electron chi connectivity index (χ4n) is 2.90. The number of alkyl halides is 3. The van der Waals surface area contributed by atoms with Crippen LogP contribution in [0.25, 0.3) is 5.82 Å². The van der Waals surface area contributed by atoms with Gasteiger partial charge < -0.3 is 10.1 Å². The summed E-state index contributed by atoms with van der Waals surface area (Å²) in [6, 6.07) is 0.532. The molecule has 3 aromatic heterocycles. The van der Waals surface area contributed by atoms with Gasteiger partial charge in [-0.25, -0.2) is 13.6 Å². The second kappa shape index (κ2) is 8.96. The monoisotopic (exact) mass is 472 g/mol. The van der Waals surface area contributed by atoms with Gasteiger partial charge in [0.05, 0.1) is 11.9 Å². The number of pyridine rings is 2. The molecule has 3 heterocycles. The van der Waals surface area contributed by atoms with Gasteiger partial charge in [-0.3, -0.25) is 14.3 Å². The van der Waals surface area contributed by atoms with Crippen molar-refractivity contribution in [1.82, 2.24) is 24.3 Å². The van der Waals surface area contributed by atoms with Crippen LogP contribution in [-0.4, -0.2) is 43.0 Å². The van der Waals surface area contributed by atoms with Crippen LogP contribution in [0.4, 0.5) is 27.6 Å². The third-order valence-corrected chi connectivity index (χ3v) is 4.43. The van der Waals surface area contributed by atoms with Gasteiger partial charge >= 0.3 is 11.9 Å². The molecule has 9 nitrogen and oxygen atoms in total. The first-order valence-corrected chi connectivity index (χ1v) is 9.41. The maximum atomic E-state index is 14.9. The summed E-state index contributed by atoms with van der Waals surface area (Å²) in [5.74, 6) is -4.85. The lowest BCUT2D eigenvalue weighted by Gasteiger charge is -2.15. The molecule has 3 rings (SSSR count). The predicted molar refractivity (Wildman–Crippen MR) is 104 cm³/mol. The van der Waals surface area contributed by atoms with E-state index in [0.717, 1.165) is 6.20 Å². The van der Waals surface area contributed by atoms with E-state index in [0.29, 0.717) is 10.7 Å². The van der Waals surface area contributed by atoms with E-state index in [9.17, 15) is 31.5 Å². The first kappa shape index (κ1) is 23.8. The van der Waals surface area contributed by atoms with Gasteiger partial charge in [-0.2, -0.15) is 22.8 Å². The average Bonchev–Trinajstić information content (AvgIpc) is 3.02. The molecule has 0 aliphatic rings. The van der Waals surface area contributed by atoms with E-state index < -0.39 is 53.3 Å². The van der Waals surface area contributed by atoms with Crippen molar-refractivity contribution in [3.63, 3.8) is 0 Å². The Labute approximate surface area is 182 Å². The lowest BCUT2D eigenvalue weighted by atomic mass is 10.2. The quantitative estimate of drug-likeness (QED) is 0.554. The number of aryl methyl sites for hydroxylation is 2. The highest BCUT2D eigenvalue weighted by Crippen LogP contribution is 2.26. The van der Waals surface area contributed by atoms with Gasteiger partial charge in [-0.1, -0.05) is 0 Å². The number of hydrogen-bond donors (Lipinski definition) is 1. The van der Waals surface area contributed by atoms with Crippen LogP contribution >= 0.6 is 0 Å². The van der Waals surface area contributed by atoms with Crippen molar-refractivity contribution >= 4 is 11.6 Å². The van der Waals surface area contributed by atoms with Gasteiger partial charge in [0, 0.05) is 12.7 Å². The van der Waals surface area contributed by atoms with Crippen LogP contribution < -0.4 is 15.7 Å². The Morgan fingerprint density at radius 1 is 1.18 bits per heavy atom. The van der Waals surface area contributed by atoms with Crippen LogP contribution in [0.5, 0.6) is 5.88 Å². The van der Waals surface area contributed by atoms with E-state index in [1.165, 1.54) is 24.6 Å². The Balaban J connectivity index is 2.11. The first-order valence-electron chi connectivity index (χ1n) is 9.41. The molecule has 0 fully saturated rings. The maximum absolute atomic E-state index is 14.9. The molecule has 3 aromatic rings. The van der Waals surface area contributed by atoms with Gasteiger partial charge in [-0.05, 0) is 32.4 Å². The Morgan fingerprint density at radius 2 is 1.88 bits per heavy atom. The number of carbonyl (C=O) groups excluding carboxylic acids is 1. The number of aromatic nitrogens is 5. The molecule has 0 radical (unpaired) electrons. The number of nitrogens with one attached hydrogen (secondary N) is 1. The summed E-state index contributed by atoms with van der Waals surface area (Å²) in [6.45, 7) is 2.86. The topological polar surface area (TPSA) is 104 Å². The number of anilines is 1. The standard InChI is InChI=1S/C19H17F5N6O3/c1-4-29-10(3)28-30(18(29)32)15-12(20)5-11(17(27-15)33-8-19(22,23)24)16(31)26-14-9(2)6-25-7-13(14)21/h5-7H,4,8H2,1-3H3,(H,25,26,31). The Kier molecular flexibility index (Phi) is 6.46. The minimum atomic E-state index is -4.81. The van der Waals surface area contributed by atoms with Gasteiger partial charge in [0.1, 0.15) is 11.4 Å². The molecule has 176 valence electrons. The summed E-state index contributed by atoms with van der Waals surface area (Å²) in [7, 11) is 0. The predicted octanol–water partition coefficient (Wildman–Crippen LogP) is 2.93. The third-order valence-electron chi connectivity index (χ3n) is 4.43. The van der Waals surface area contributed by atoms with Gasteiger partial charge in [0.25, 0.3) is 5.91 Å². The Bertz CT molecular complexity index is 1250. The summed E-state index contributed by atoms with van der Waals surface area (Å²) in [5, 5.41) is 6.00. The van der Waals surface area contributed by atoms with Crippen LogP contribution in [0.1, 0.15) is 28.7 Å². The summed E-state index contributed by atoms with van der Waals surface area (Å²) < 4.78 is 73.4. The molecular weight excluding hydrogens is 455 g/mol. The van der Waals surface area contributed by atoms with E-state index in [1.54, 1.807) is 6.92 Å². The molecule has 0 saturated carbocycles. The zero-order valence-corrected chi connectivity index (χ0v) is 17.5. The Morgan fingerprint density at radius 3 is 2.45 bits per heavy atom. The number of rotatable bonds is 6. The smallest absolute Gasteiger partial charge is 0.422 e. The van der Waals surface area contributed by atoms with E-state index in [1.807, 2.05) is 0 Å². The molecule has 1 N–H and O–H groups in total. The normalized spacial score (nSPS) is 11.5. The van der Waals surface area contributed by atoms with E-state index >= 15 is 0 Å². The van der Waals surface area contributed by atoms with Gasteiger partial charge in [0.2, 0.25) is 5.88 Å². The second-order valence-electron chi connectivity index (χ2n) is 6.80. The maximum Gasteiger partial charge on any atom is 0.422 e. The number of ether oxygens (including phenoxy) is 1. The largest absolute Gasteiger partial charge is 0.467 e. The number of nitrogens with zero attached hydrogens (tertiary/aromatic N) is 5. The number of hydrogen-bond acceptors (Lipinski definition) is 6. The minimum absolute atomic E-state index is 0.195. The highest BCUT2D eigenvalue weighted by Gasteiger charge is 2.31. The third kappa shape index (κ3) is 4.99. The Hall–Kier alpha value is -3.84. The molecule has 0 aromatic carbocycles. The second-order valence-corrected chi connectivity index (χ2v) is 6.80. The molecule has 0 spiro atoms. The highest BCUT2D eigenvalue weighted by atomic mass is 19.4. The van der Waals surface area contributed by atoms with Crippen molar-refractivity contribution in [3.05, 3.63) is 57.5 Å². The summed E-state index contributed by atoms with van der Waals surface area (Å²) in [4.78, 5) is 32.3. The molecule has 0 aliphatic heterocycles. The average molecular weight is 472 g/mol. The van der Waals surface area contributed by atoms with Crippen molar-refractivity contribution < 1.29 is 31.5 Å². The fourth-order valence-corrected chi connectivity index (χ4v) is 2.90. The van der Waals surface area contributed by atoms with Crippen molar-refractivity contribution in [3.8, 4) is 11.7 Å². The summed E-state index contributed by atoms with van der Waals surface area (Å²) in [5.41, 5.74) is -1.65. The SMILES string of the molecule is CCn1c(C)nn(-c2nc(OCC(F)(F)F)c(C(=O)Nc3c(C)cncc3F)cc2F)c1=O. The zero-order valence-electron chi connectivity index (χ0n) is 17.5. The van der Waals surface area contributed by atoms with Crippen LogP contribution in [0.3, 0.4) is 0 Å². The van der Waals surface area contributed by atoms with Gasteiger partial charge in [-0.15, -0.1) is 5.10 Å². The van der Waals surface area contributed by atoms with E-state index in [-0.39, 0.29) is 23.6 Å². The van der Waals surface area contributed by atoms with Crippen LogP contribution in [0, 0.1) is 25.5 Å². The molecule has 0 atom stereocenters. The first-order chi connectivity index (χ1) is 15.4. The van der Waals surface area contributed by atoms with Crippen LogP contribution in [0.15, 0.2) is 23.3 Å². The van der Waals surface area contributed by atoms with Crippen molar-refractivity contribution in [2.24, 2.45) is 0 Å². The molecule has 0 saturated heterocycles. The molecule has 0 unspecified atom stereocenters. The highest BCUT2D eigenvalue weighted by molar-refractivity contribution is 6.06. The summed E-state index contributed by atoms with van der Waals surface area (Å²) >= 11 is 0. The van der Waals surface area contributed by atoms with Crippen molar-refractivity contribution in [1.29, 1.82) is 0 Å². The molecule has 1 amide bonds. The number of halogens is 5. The fraction of sp³-hybridized carbons (Fsp3) is 0.316. The van der Waals surface area contributed by atoms with Crippen LogP contribution in [0.2, 0.25) is 0 Å². The molecule has 0 aliphatic carbocycles. The van der Waals surface area contributed by atoms with E-state index in [4.69, 9.17) is 0 Å². The summed E-state index contributed by atoms with van der Waals surface area (Å²) in [6.07, 6.45) is -2.76. The molecule has 14 heteroatoms.